The van der Waals surface area contributed by atoms with Gasteiger partial charge in [-0.1, -0.05) is 22.0 Å². The standard InChI is InChI=1S/C13H13BrO4/c1-3-18-13(17)9-4-5-10(7-15)11(6-9)12(16)8(2)14/h4-8H,3H2,1-2H3. The number of Topliss-reactive ketones (excluding diaryl/α,β-unsaturated/α-hetero) is 1. The molecule has 0 spiro atoms. The highest BCUT2D eigenvalue weighted by atomic mass is 79.9. The Hall–Kier alpha value is -1.49. The largest absolute Gasteiger partial charge is 0.462 e. The molecule has 0 radical (unpaired) electrons. The van der Waals surface area contributed by atoms with Gasteiger partial charge < -0.3 is 4.74 Å². The second-order valence-corrected chi connectivity index (χ2v) is 4.99. The van der Waals surface area contributed by atoms with Crippen molar-refractivity contribution in [2.75, 3.05) is 6.61 Å². The van der Waals surface area contributed by atoms with Crippen LogP contribution in [0.2, 0.25) is 0 Å². The SMILES string of the molecule is CCOC(=O)c1ccc(C=O)c(C(=O)C(C)Br)c1. The first-order valence-corrected chi connectivity index (χ1v) is 6.37. The predicted octanol–water partition coefficient (Wildman–Crippen LogP) is 2.64. The molecule has 18 heavy (non-hydrogen) atoms. The lowest BCUT2D eigenvalue weighted by molar-refractivity contribution is 0.0526. The molecular weight excluding hydrogens is 300 g/mol. The topological polar surface area (TPSA) is 60.4 Å². The van der Waals surface area contributed by atoms with Crippen LogP contribution >= 0.6 is 15.9 Å². The quantitative estimate of drug-likeness (QED) is 0.363. The van der Waals surface area contributed by atoms with E-state index >= 15 is 0 Å². The number of ketones is 1. The van der Waals surface area contributed by atoms with Crippen LogP contribution < -0.4 is 0 Å². The summed E-state index contributed by atoms with van der Waals surface area (Å²) in [4.78, 5) is 33.9. The van der Waals surface area contributed by atoms with E-state index in [1.165, 1.54) is 18.2 Å². The minimum absolute atomic E-state index is 0.222. The van der Waals surface area contributed by atoms with Gasteiger partial charge in [0.15, 0.2) is 12.1 Å². The molecule has 0 saturated heterocycles. The van der Waals surface area contributed by atoms with Crippen molar-refractivity contribution in [3.8, 4) is 0 Å². The Morgan fingerprint density at radius 2 is 2.11 bits per heavy atom. The van der Waals surface area contributed by atoms with E-state index in [2.05, 4.69) is 15.9 Å². The molecule has 1 atom stereocenters. The van der Waals surface area contributed by atoms with Crippen molar-refractivity contribution in [2.45, 2.75) is 18.7 Å². The van der Waals surface area contributed by atoms with Crippen molar-refractivity contribution in [1.29, 1.82) is 0 Å². The summed E-state index contributed by atoms with van der Waals surface area (Å²) < 4.78 is 4.85. The molecule has 0 aliphatic rings. The summed E-state index contributed by atoms with van der Waals surface area (Å²) in [5, 5.41) is 0. The fourth-order valence-electron chi connectivity index (χ4n) is 1.43. The zero-order valence-electron chi connectivity index (χ0n) is 10.1. The summed E-state index contributed by atoms with van der Waals surface area (Å²) in [5.74, 6) is -0.755. The van der Waals surface area contributed by atoms with Gasteiger partial charge in [-0.15, -0.1) is 0 Å². The van der Waals surface area contributed by atoms with E-state index in [4.69, 9.17) is 4.74 Å². The van der Waals surface area contributed by atoms with E-state index in [0.29, 0.717) is 6.29 Å². The van der Waals surface area contributed by atoms with Gasteiger partial charge in [0, 0.05) is 11.1 Å². The van der Waals surface area contributed by atoms with Crippen molar-refractivity contribution in [1.82, 2.24) is 0 Å². The summed E-state index contributed by atoms with van der Waals surface area (Å²) in [6, 6.07) is 4.31. The Kier molecular flexibility index (Phi) is 5.22. The first kappa shape index (κ1) is 14.6. The maximum atomic E-state index is 11.9. The number of carbonyl (C=O) groups excluding carboxylic acids is 3. The monoisotopic (exact) mass is 312 g/mol. The number of rotatable bonds is 5. The fourth-order valence-corrected chi connectivity index (χ4v) is 1.67. The van der Waals surface area contributed by atoms with Crippen LogP contribution in [0, 0.1) is 0 Å². The first-order valence-electron chi connectivity index (χ1n) is 5.45. The third-order valence-corrected chi connectivity index (χ3v) is 2.73. The lowest BCUT2D eigenvalue weighted by Gasteiger charge is -2.08. The molecule has 4 nitrogen and oxygen atoms in total. The number of hydrogen-bond donors (Lipinski definition) is 0. The summed E-state index contributed by atoms with van der Waals surface area (Å²) in [6.07, 6.45) is 0.595. The third kappa shape index (κ3) is 3.26. The number of aldehydes is 1. The Morgan fingerprint density at radius 1 is 1.44 bits per heavy atom. The number of carbonyl (C=O) groups is 3. The summed E-state index contributed by atoms with van der Waals surface area (Å²) in [7, 11) is 0. The molecule has 0 N–H and O–H groups in total. The first-order chi connectivity index (χ1) is 8.51. The van der Waals surface area contributed by atoms with Crippen LogP contribution in [0.25, 0.3) is 0 Å². The second-order valence-electron chi connectivity index (χ2n) is 3.62. The van der Waals surface area contributed by atoms with Gasteiger partial charge in [0.1, 0.15) is 0 Å². The van der Waals surface area contributed by atoms with E-state index in [1.807, 2.05) is 0 Å². The number of hydrogen-bond acceptors (Lipinski definition) is 4. The van der Waals surface area contributed by atoms with Crippen molar-refractivity contribution >= 4 is 34.0 Å². The van der Waals surface area contributed by atoms with Crippen molar-refractivity contribution in [2.24, 2.45) is 0 Å². The number of alkyl halides is 1. The molecular formula is C13H13BrO4. The lowest BCUT2D eigenvalue weighted by Crippen LogP contribution is -2.14. The van der Waals surface area contributed by atoms with Crippen LogP contribution in [0.1, 0.15) is 44.9 Å². The molecule has 0 aliphatic heterocycles. The molecule has 0 saturated carbocycles. The van der Waals surface area contributed by atoms with E-state index in [-0.39, 0.29) is 29.1 Å². The third-order valence-electron chi connectivity index (χ3n) is 2.32. The Balaban J connectivity index is 3.21. The molecule has 5 heteroatoms. The molecule has 1 rings (SSSR count). The van der Waals surface area contributed by atoms with Crippen LogP contribution in [-0.2, 0) is 4.74 Å². The number of halogens is 1. The van der Waals surface area contributed by atoms with Crippen LogP contribution in [0.3, 0.4) is 0 Å². The average Bonchev–Trinajstić information content (AvgIpc) is 2.37. The molecule has 0 bridgehead atoms. The van der Waals surface area contributed by atoms with E-state index in [9.17, 15) is 14.4 Å². The van der Waals surface area contributed by atoms with Crippen molar-refractivity contribution in [3.63, 3.8) is 0 Å². The van der Waals surface area contributed by atoms with Gasteiger partial charge in [-0.25, -0.2) is 4.79 Å². The zero-order chi connectivity index (χ0) is 13.7. The fraction of sp³-hybridized carbons (Fsp3) is 0.308. The average molecular weight is 313 g/mol. The van der Waals surface area contributed by atoms with Gasteiger partial charge in [0.05, 0.1) is 17.0 Å². The molecule has 0 heterocycles. The molecule has 0 amide bonds. The van der Waals surface area contributed by atoms with Gasteiger partial charge in [-0.3, -0.25) is 9.59 Å². The highest BCUT2D eigenvalue weighted by Crippen LogP contribution is 2.16. The molecule has 1 aromatic carbocycles. The van der Waals surface area contributed by atoms with E-state index < -0.39 is 10.8 Å². The van der Waals surface area contributed by atoms with Crippen LogP contribution in [0.4, 0.5) is 0 Å². The maximum absolute atomic E-state index is 11.9. The summed E-state index contributed by atoms with van der Waals surface area (Å²) in [6.45, 7) is 3.62. The van der Waals surface area contributed by atoms with Crippen molar-refractivity contribution < 1.29 is 19.1 Å². The highest BCUT2D eigenvalue weighted by molar-refractivity contribution is 9.10. The van der Waals surface area contributed by atoms with Gasteiger partial charge in [-0.2, -0.15) is 0 Å². The Morgan fingerprint density at radius 3 is 2.61 bits per heavy atom. The Labute approximate surface area is 113 Å². The van der Waals surface area contributed by atoms with Crippen LogP contribution in [-0.4, -0.2) is 29.5 Å². The van der Waals surface area contributed by atoms with Crippen LogP contribution in [0.5, 0.6) is 0 Å². The van der Waals surface area contributed by atoms with Gasteiger partial charge in [0.2, 0.25) is 0 Å². The molecule has 96 valence electrons. The normalized spacial score (nSPS) is 11.7. The molecule has 0 aliphatic carbocycles. The summed E-state index contributed by atoms with van der Waals surface area (Å²) >= 11 is 3.15. The number of esters is 1. The molecule has 0 aromatic heterocycles. The minimum atomic E-state index is -0.508. The maximum Gasteiger partial charge on any atom is 0.338 e. The molecule has 1 unspecified atom stereocenters. The Bertz CT molecular complexity index is 480. The lowest BCUT2D eigenvalue weighted by atomic mass is 10.00. The smallest absolute Gasteiger partial charge is 0.338 e. The minimum Gasteiger partial charge on any atom is -0.462 e. The molecule has 0 fully saturated rings. The van der Waals surface area contributed by atoms with Gasteiger partial charge in [0.25, 0.3) is 0 Å². The predicted molar refractivity (Wildman–Crippen MR) is 70.5 cm³/mol. The molecule has 1 aromatic rings. The highest BCUT2D eigenvalue weighted by Gasteiger charge is 2.18. The second kappa shape index (κ2) is 6.44. The zero-order valence-corrected chi connectivity index (χ0v) is 11.7. The summed E-state index contributed by atoms with van der Waals surface area (Å²) in [5.41, 5.74) is 0.748. The van der Waals surface area contributed by atoms with E-state index in [1.54, 1.807) is 13.8 Å². The van der Waals surface area contributed by atoms with E-state index in [0.717, 1.165) is 0 Å². The van der Waals surface area contributed by atoms with Crippen molar-refractivity contribution in [3.05, 3.63) is 34.9 Å². The number of ether oxygens (including phenoxy) is 1. The van der Waals surface area contributed by atoms with Gasteiger partial charge in [-0.05, 0) is 26.0 Å². The number of benzene rings is 1. The van der Waals surface area contributed by atoms with Gasteiger partial charge >= 0.3 is 5.97 Å². The van der Waals surface area contributed by atoms with Crippen LogP contribution in [0.15, 0.2) is 18.2 Å².